The molecule has 0 aromatic heterocycles. The molecule has 0 aliphatic carbocycles. The lowest BCUT2D eigenvalue weighted by atomic mass is 10.0. The van der Waals surface area contributed by atoms with Crippen LogP contribution in [0.2, 0.25) is 0 Å². The Balaban J connectivity index is 2.21. The second-order valence-electron chi connectivity index (χ2n) is 4.16. The van der Waals surface area contributed by atoms with Crippen LogP contribution in [0.4, 0.5) is 0 Å². The standard InChI is InChI=1S/C10H21NO3/c1-8(12)9-3-4-11(5-9)6-10(13)7-14-2/h8-10,12-13H,3-7H2,1-2H3/t8?,9?,10-/m0/s1. The molecule has 1 heterocycles. The fraction of sp³-hybridized carbons (Fsp3) is 1.00. The Hall–Kier alpha value is -0.160. The Morgan fingerprint density at radius 2 is 2.21 bits per heavy atom. The highest BCUT2D eigenvalue weighted by Crippen LogP contribution is 2.19. The third-order valence-electron chi connectivity index (χ3n) is 2.82. The van der Waals surface area contributed by atoms with E-state index in [4.69, 9.17) is 4.74 Å². The maximum absolute atomic E-state index is 9.51. The molecular weight excluding hydrogens is 182 g/mol. The molecule has 1 aliphatic rings. The Morgan fingerprint density at radius 3 is 2.71 bits per heavy atom. The van der Waals surface area contributed by atoms with Crippen LogP contribution in [0.3, 0.4) is 0 Å². The van der Waals surface area contributed by atoms with Crippen LogP contribution in [0.1, 0.15) is 13.3 Å². The summed E-state index contributed by atoms with van der Waals surface area (Å²) in [5, 5.41) is 18.9. The van der Waals surface area contributed by atoms with E-state index in [0.717, 1.165) is 19.5 Å². The maximum Gasteiger partial charge on any atom is 0.0900 e. The summed E-state index contributed by atoms with van der Waals surface area (Å²) >= 11 is 0. The van der Waals surface area contributed by atoms with Gasteiger partial charge < -0.3 is 19.8 Å². The van der Waals surface area contributed by atoms with Gasteiger partial charge in [-0.15, -0.1) is 0 Å². The highest BCUT2D eigenvalue weighted by molar-refractivity contribution is 4.80. The highest BCUT2D eigenvalue weighted by Gasteiger charge is 2.26. The topological polar surface area (TPSA) is 52.9 Å². The lowest BCUT2D eigenvalue weighted by Crippen LogP contribution is -2.34. The average molecular weight is 203 g/mol. The molecule has 2 N–H and O–H groups in total. The normalized spacial score (nSPS) is 27.9. The number of hydrogen-bond donors (Lipinski definition) is 2. The Bertz CT molecular complexity index is 163. The summed E-state index contributed by atoms with van der Waals surface area (Å²) in [6.45, 7) is 4.72. The number of β-amino-alcohol motifs (C(OH)–C–C–N with tert-alkyl or cyclic N) is 1. The van der Waals surface area contributed by atoms with Crippen LogP contribution in [0.15, 0.2) is 0 Å². The number of hydrogen-bond acceptors (Lipinski definition) is 4. The minimum atomic E-state index is -0.409. The number of ether oxygens (including phenoxy) is 1. The van der Waals surface area contributed by atoms with Crippen molar-refractivity contribution in [1.82, 2.24) is 4.90 Å². The summed E-state index contributed by atoms with van der Waals surface area (Å²) in [6, 6.07) is 0. The van der Waals surface area contributed by atoms with E-state index in [1.165, 1.54) is 0 Å². The van der Waals surface area contributed by atoms with Gasteiger partial charge in [-0.2, -0.15) is 0 Å². The molecule has 1 saturated heterocycles. The molecular formula is C10H21NO3. The Kier molecular flexibility index (Phi) is 4.81. The van der Waals surface area contributed by atoms with Crippen LogP contribution in [0.5, 0.6) is 0 Å². The first-order chi connectivity index (χ1) is 6.63. The molecule has 1 aliphatic heterocycles. The summed E-state index contributed by atoms with van der Waals surface area (Å²) in [6.07, 6.45) is 0.379. The van der Waals surface area contributed by atoms with Gasteiger partial charge >= 0.3 is 0 Å². The Labute approximate surface area is 85.5 Å². The smallest absolute Gasteiger partial charge is 0.0900 e. The van der Waals surface area contributed by atoms with Gasteiger partial charge in [-0.25, -0.2) is 0 Å². The summed E-state index contributed by atoms with van der Waals surface area (Å²) in [5.41, 5.74) is 0. The van der Waals surface area contributed by atoms with E-state index in [1.54, 1.807) is 7.11 Å². The van der Waals surface area contributed by atoms with Crippen LogP contribution < -0.4 is 0 Å². The van der Waals surface area contributed by atoms with Crippen molar-refractivity contribution in [2.45, 2.75) is 25.6 Å². The molecule has 3 atom stereocenters. The van der Waals surface area contributed by atoms with Crippen molar-refractivity contribution in [2.24, 2.45) is 5.92 Å². The first-order valence-electron chi connectivity index (χ1n) is 5.21. The molecule has 1 rings (SSSR count). The Morgan fingerprint density at radius 1 is 1.50 bits per heavy atom. The largest absolute Gasteiger partial charge is 0.393 e. The summed E-state index contributed by atoms with van der Waals surface area (Å²) < 4.78 is 4.86. The summed E-state index contributed by atoms with van der Waals surface area (Å²) in [4.78, 5) is 2.18. The molecule has 0 aromatic carbocycles. The summed E-state index contributed by atoms with van der Waals surface area (Å²) in [5.74, 6) is 0.366. The molecule has 14 heavy (non-hydrogen) atoms. The van der Waals surface area contributed by atoms with Crippen molar-refractivity contribution < 1.29 is 14.9 Å². The van der Waals surface area contributed by atoms with Crippen molar-refractivity contribution in [3.63, 3.8) is 0 Å². The SMILES string of the molecule is COC[C@@H](O)CN1CCC(C(C)O)C1. The number of aliphatic hydroxyl groups excluding tert-OH is 2. The fourth-order valence-corrected chi connectivity index (χ4v) is 1.97. The van der Waals surface area contributed by atoms with Crippen molar-refractivity contribution >= 4 is 0 Å². The predicted octanol–water partition coefficient (Wildman–Crippen LogP) is -0.304. The van der Waals surface area contributed by atoms with Gasteiger partial charge in [-0.1, -0.05) is 0 Å². The minimum absolute atomic E-state index is 0.237. The zero-order valence-electron chi connectivity index (χ0n) is 9.02. The van der Waals surface area contributed by atoms with Gasteiger partial charge in [-0.3, -0.25) is 0 Å². The van der Waals surface area contributed by atoms with E-state index in [1.807, 2.05) is 6.92 Å². The fourth-order valence-electron chi connectivity index (χ4n) is 1.97. The molecule has 2 unspecified atom stereocenters. The van der Waals surface area contributed by atoms with E-state index < -0.39 is 6.10 Å². The van der Waals surface area contributed by atoms with E-state index in [2.05, 4.69) is 4.90 Å². The van der Waals surface area contributed by atoms with E-state index >= 15 is 0 Å². The lowest BCUT2D eigenvalue weighted by Gasteiger charge is -2.20. The second kappa shape index (κ2) is 5.66. The van der Waals surface area contributed by atoms with Gasteiger partial charge in [0.05, 0.1) is 18.8 Å². The molecule has 1 fully saturated rings. The van der Waals surface area contributed by atoms with Crippen molar-refractivity contribution in [3.05, 3.63) is 0 Å². The van der Waals surface area contributed by atoms with Gasteiger partial charge in [0.25, 0.3) is 0 Å². The lowest BCUT2D eigenvalue weighted by molar-refractivity contribution is 0.0399. The third-order valence-corrected chi connectivity index (χ3v) is 2.82. The van der Waals surface area contributed by atoms with Crippen LogP contribution in [-0.4, -0.2) is 60.7 Å². The number of likely N-dealkylation sites (tertiary alicyclic amines) is 1. The van der Waals surface area contributed by atoms with Gasteiger partial charge in [0.1, 0.15) is 0 Å². The monoisotopic (exact) mass is 203 g/mol. The number of rotatable bonds is 5. The number of nitrogens with zero attached hydrogens (tertiary/aromatic N) is 1. The minimum Gasteiger partial charge on any atom is -0.393 e. The quantitative estimate of drug-likeness (QED) is 0.644. The molecule has 0 spiro atoms. The molecule has 84 valence electrons. The van der Waals surface area contributed by atoms with Gasteiger partial charge in [0.2, 0.25) is 0 Å². The van der Waals surface area contributed by atoms with Gasteiger partial charge in [-0.05, 0) is 25.8 Å². The van der Waals surface area contributed by atoms with Crippen molar-refractivity contribution in [1.29, 1.82) is 0 Å². The van der Waals surface area contributed by atoms with Crippen LogP contribution in [0, 0.1) is 5.92 Å². The second-order valence-corrected chi connectivity index (χ2v) is 4.16. The predicted molar refractivity (Wildman–Crippen MR) is 54.1 cm³/mol. The first-order valence-corrected chi connectivity index (χ1v) is 5.21. The van der Waals surface area contributed by atoms with Crippen LogP contribution >= 0.6 is 0 Å². The highest BCUT2D eigenvalue weighted by atomic mass is 16.5. The zero-order chi connectivity index (χ0) is 10.6. The molecule has 0 radical (unpaired) electrons. The van der Waals surface area contributed by atoms with E-state index in [0.29, 0.717) is 19.1 Å². The number of aliphatic hydroxyl groups is 2. The van der Waals surface area contributed by atoms with Crippen LogP contribution in [0.25, 0.3) is 0 Å². The van der Waals surface area contributed by atoms with Crippen molar-refractivity contribution in [2.75, 3.05) is 33.4 Å². The summed E-state index contributed by atoms with van der Waals surface area (Å²) in [7, 11) is 1.59. The first kappa shape index (κ1) is 11.9. The van der Waals surface area contributed by atoms with Gasteiger partial charge in [0.15, 0.2) is 0 Å². The molecule has 0 bridgehead atoms. The average Bonchev–Trinajstić information content (AvgIpc) is 2.53. The maximum atomic E-state index is 9.51. The molecule has 0 amide bonds. The van der Waals surface area contributed by atoms with E-state index in [9.17, 15) is 10.2 Å². The van der Waals surface area contributed by atoms with Crippen LogP contribution in [-0.2, 0) is 4.74 Å². The molecule has 0 saturated carbocycles. The third kappa shape index (κ3) is 3.53. The van der Waals surface area contributed by atoms with E-state index in [-0.39, 0.29) is 6.10 Å². The molecule has 4 heteroatoms. The zero-order valence-corrected chi connectivity index (χ0v) is 9.02. The van der Waals surface area contributed by atoms with Gasteiger partial charge in [0, 0.05) is 20.2 Å². The molecule has 0 aromatic rings. The number of methoxy groups -OCH3 is 1. The van der Waals surface area contributed by atoms with Crippen molar-refractivity contribution in [3.8, 4) is 0 Å². The molecule has 4 nitrogen and oxygen atoms in total.